The molecule has 0 aliphatic heterocycles. The Hall–Kier alpha value is -1.52. The summed E-state index contributed by atoms with van der Waals surface area (Å²) in [6.45, 7) is 1.82. The van der Waals surface area contributed by atoms with Crippen molar-refractivity contribution in [1.82, 2.24) is 9.78 Å². The Labute approximate surface area is 70.2 Å². The van der Waals surface area contributed by atoms with E-state index in [4.69, 9.17) is 5.11 Å². The topological polar surface area (TPSA) is 58.4 Å². The van der Waals surface area contributed by atoms with Gasteiger partial charge in [-0.05, 0) is 6.92 Å². The number of amides is 1. The monoisotopic (exact) mass is 169 g/mol. The standard InChI is InChI=1S/C7H11N3O2/c1-5-4-6(10(3)8-5)9(2)7(11)12/h4H,1-3H3,(H,11,12). The van der Waals surface area contributed by atoms with Crippen LogP contribution in [0.4, 0.5) is 10.6 Å². The number of hydrogen-bond acceptors (Lipinski definition) is 2. The molecule has 0 bridgehead atoms. The van der Waals surface area contributed by atoms with E-state index < -0.39 is 6.09 Å². The predicted molar refractivity (Wildman–Crippen MR) is 44.4 cm³/mol. The summed E-state index contributed by atoms with van der Waals surface area (Å²) in [6.07, 6.45) is -0.988. The fraction of sp³-hybridized carbons (Fsp3) is 0.429. The average molecular weight is 169 g/mol. The van der Waals surface area contributed by atoms with Crippen molar-refractivity contribution >= 4 is 11.9 Å². The molecule has 5 heteroatoms. The smallest absolute Gasteiger partial charge is 0.412 e. The van der Waals surface area contributed by atoms with E-state index in [2.05, 4.69) is 5.10 Å². The van der Waals surface area contributed by atoms with Gasteiger partial charge in [-0.15, -0.1) is 0 Å². The van der Waals surface area contributed by atoms with Crippen LogP contribution in [-0.2, 0) is 7.05 Å². The first kappa shape index (κ1) is 8.58. The van der Waals surface area contributed by atoms with E-state index in [1.807, 2.05) is 6.92 Å². The van der Waals surface area contributed by atoms with Crippen LogP contribution in [0.1, 0.15) is 5.69 Å². The summed E-state index contributed by atoms with van der Waals surface area (Å²) in [7, 11) is 3.20. The molecule has 0 atom stereocenters. The molecule has 0 aliphatic rings. The molecular weight excluding hydrogens is 158 g/mol. The molecule has 0 spiro atoms. The molecule has 1 rings (SSSR count). The molecule has 0 saturated carbocycles. The molecule has 5 nitrogen and oxygen atoms in total. The molecule has 66 valence electrons. The van der Waals surface area contributed by atoms with Gasteiger partial charge >= 0.3 is 6.09 Å². The molecule has 0 aliphatic carbocycles. The maximum Gasteiger partial charge on any atom is 0.412 e. The first-order valence-corrected chi connectivity index (χ1v) is 3.49. The Kier molecular flexibility index (Phi) is 2.03. The first-order chi connectivity index (χ1) is 5.52. The first-order valence-electron chi connectivity index (χ1n) is 3.49. The van der Waals surface area contributed by atoms with Gasteiger partial charge in [-0.25, -0.2) is 4.79 Å². The van der Waals surface area contributed by atoms with E-state index in [-0.39, 0.29) is 0 Å². The number of aryl methyl sites for hydroxylation is 2. The van der Waals surface area contributed by atoms with Crippen LogP contribution in [0, 0.1) is 6.92 Å². The molecule has 0 aromatic carbocycles. The zero-order valence-corrected chi connectivity index (χ0v) is 7.27. The second-order valence-corrected chi connectivity index (χ2v) is 2.61. The number of rotatable bonds is 1. The van der Waals surface area contributed by atoms with Crippen molar-refractivity contribution in [3.63, 3.8) is 0 Å². The van der Waals surface area contributed by atoms with E-state index in [1.54, 1.807) is 13.1 Å². The highest BCUT2D eigenvalue weighted by atomic mass is 16.4. The van der Waals surface area contributed by atoms with Crippen LogP contribution in [0.25, 0.3) is 0 Å². The fourth-order valence-corrected chi connectivity index (χ4v) is 1.01. The van der Waals surface area contributed by atoms with Crippen LogP contribution >= 0.6 is 0 Å². The van der Waals surface area contributed by atoms with Gasteiger partial charge in [0.25, 0.3) is 0 Å². The quantitative estimate of drug-likeness (QED) is 0.677. The van der Waals surface area contributed by atoms with Crippen molar-refractivity contribution in [2.24, 2.45) is 7.05 Å². The van der Waals surface area contributed by atoms with Gasteiger partial charge in [-0.1, -0.05) is 0 Å². The van der Waals surface area contributed by atoms with E-state index in [9.17, 15) is 4.79 Å². The normalized spacial score (nSPS) is 9.92. The molecule has 1 heterocycles. The lowest BCUT2D eigenvalue weighted by molar-refractivity contribution is 0.203. The molecule has 1 aromatic heterocycles. The van der Waals surface area contributed by atoms with E-state index in [0.717, 1.165) is 10.6 Å². The summed E-state index contributed by atoms with van der Waals surface area (Å²) in [6, 6.07) is 1.72. The van der Waals surface area contributed by atoms with Gasteiger partial charge < -0.3 is 5.11 Å². The second kappa shape index (κ2) is 2.84. The van der Waals surface area contributed by atoms with Crippen LogP contribution in [0.3, 0.4) is 0 Å². The predicted octanol–water partition coefficient (Wildman–Crippen LogP) is 0.843. The Balaban J connectivity index is 3.02. The van der Waals surface area contributed by atoms with Gasteiger partial charge in [0, 0.05) is 20.2 Å². The Morgan fingerprint density at radius 2 is 2.33 bits per heavy atom. The molecule has 1 N–H and O–H groups in total. The minimum Gasteiger partial charge on any atom is -0.465 e. The summed E-state index contributed by atoms with van der Waals surface area (Å²) in [4.78, 5) is 11.7. The third kappa shape index (κ3) is 1.39. The molecule has 1 amide bonds. The maximum atomic E-state index is 10.5. The lowest BCUT2D eigenvalue weighted by Crippen LogP contribution is -2.25. The maximum absolute atomic E-state index is 10.5. The number of aromatic nitrogens is 2. The van der Waals surface area contributed by atoms with Crippen molar-refractivity contribution < 1.29 is 9.90 Å². The zero-order valence-electron chi connectivity index (χ0n) is 7.27. The van der Waals surface area contributed by atoms with Gasteiger partial charge in [0.1, 0.15) is 5.82 Å². The van der Waals surface area contributed by atoms with Crippen LogP contribution in [-0.4, -0.2) is 28.0 Å². The third-order valence-corrected chi connectivity index (χ3v) is 1.61. The average Bonchev–Trinajstić information content (AvgIpc) is 2.28. The summed E-state index contributed by atoms with van der Waals surface area (Å²) in [5.41, 5.74) is 0.806. The molecule has 1 aromatic rings. The number of carboxylic acid groups (broad SMARTS) is 1. The van der Waals surface area contributed by atoms with E-state index in [0.29, 0.717) is 5.82 Å². The summed E-state index contributed by atoms with van der Waals surface area (Å²) < 4.78 is 1.53. The fourth-order valence-electron chi connectivity index (χ4n) is 1.01. The molecular formula is C7H11N3O2. The summed E-state index contributed by atoms with van der Waals surface area (Å²) in [5, 5.41) is 12.7. The number of carbonyl (C=O) groups is 1. The molecule has 0 unspecified atom stereocenters. The molecule has 0 fully saturated rings. The third-order valence-electron chi connectivity index (χ3n) is 1.61. The van der Waals surface area contributed by atoms with Gasteiger partial charge in [0.05, 0.1) is 5.69 Å². The Morgan fingerprint density at radius 1 is 1.75 bits per heavy atom. The van der Waals surface area contributed by atoms with E-state index in [1.165, 1.54) is 11.7 Å². The Morgan fingerprint density at radius 3 is 2.67 bits per heavy atom. The van der Waals surface area contributed by atoms with Crippen molar-refractivity contribution in [3.8, 4) is 0 Å². The minimum absolute atomic E-state index is 0.569. The largest absolute Gasteiger partial charge is 0.465 e. The summed E-state index contributed by atoms with van der Waals surface area (Å²) in [5.74, 6) is 0.569. The number of nitrogens with zero attached hydrogens (tertiary/aromatic N) is 3. The van der Waals surface area contributed by atoms with Crippen LogP contribution in [0.15, 0.2) is 6.07 Å². The van der Waals surface area contributed by atoms with Crippen LogP contribution in [0.5, 0.6) is 0 Å². The molecule has 0 radical (unpaired) electrons. The number of anilines is 1. The van der Waals surface area contributed by atoms with Gasteiger partial charge in [0.15, 0.2) is 0 Å². The molecule has 0 saturated heterocycles. The van der Waals surface area contributed by atoms with Crippen LogP contribution in [0.2, 0.25) is 0 Å². The van der Waals surface area contributed by atoms with Gasteiger partial charge in [-0.2, -0.15) is 5.10 Å². The van der Waals surface area contributed by atoms with Gasteiger partial charge in [-0.3, -0.25) is 9.58 Å². The van der Waals surface area contributed by atoms with Crippen molar-refractivity contribution in [3.05, 3.63) is 11.8 Å². The Bertz CT molecular complexity index is 306. The SMILES string of the molecule is Cc1cc(N(C)C(=O)O)n(C)n1. The van der Waals surface area contributed by atoms with Gasteiger partial charge in [0.2, 0.25) is 0 Å². The second-order valence-electron chi connectivity index (χ2n) is 2.61. The van der Waals surface area contributed by atoms with E-state index >= 15 is 0 Å². The van der Waals surface area contributed by atoms with Crippen molar-refractivity contribution in [2.45, 2.75) is 6.92 Å². The lowest BCUT2D eigenvalue weighted by atomic mass is 10.4. The van der Waals surface area contributed by atoms with Crippen molar-refractivity contribution in [1.29, 1.82) is 0 Å². The zero-order chi connectivity index (χ0) is 9.30. The highest BCUT2D eigenvalue weighted by Gasteiger charge is 2.12. The lowest BCUT2D eigenvalue weighted by Gasteiger charge is -2.11. The summed E-state index contributed by atoms with van der Waals surface area (Å²) >= 11 is 0. The molecule has 12 heavy (non-hydrogen) atoms. The highest BCUT2D eigenvalue weighted by Crippen LogP contribution is 2.12. The van der Waals surface area contributed by atoms with Crippen molar-refractivity contribution in [2.75, 3.05) is 11.9 Å². The van der Waals surface area contributed by atoms with Crippen LogP contribution < -0.4 is 4.90 Å². The number of hydrogen-bond donors (Lipinski definition) is 1. The highest BCUT2D eigenvalue weighted by molar-refractivity contribution is 5.84. The minimum atomic E-state index is -0.988.